The molecule has 0 aromatic heterocycles. The number of hydrogen-bond acceptors (Lipinski definition) is 5. The Hall–Kier alpha value is -2.74. The SMILES string of the molecule is CCOc1ccccc1N(CC(=O)NCCN(C)c1ccccc1)S(C)(=O)=O. The van der Waals surface area contributed by atoms with Gasteiger partial charge in [0.05, 0.1) is 18.6 Å². The zero-order valence-electron chi connectivity index (χ0n) is 16.5. The van der Waals surface area contributed by atoms with Crippen LogP contribution in [0, 0.1) is 0 Å². The number of hydrogen-bond donors (Lipinski definition) is 1. The van der Waals surface area contributed by atoms with Crippen molar-refractivity contribution >= 4 is 27.3 Å². The lowest BCUT2D eigenvalue weighted by Crippen LogP contribution is -2.42. The zero-order valence-corrected chi connectivity index (χ0v) is 17.3. The summed E-state index contributed by atoms with van der Waals surface area (Å²) in [6, 6.07) is 16.6. The molecule has 7 nitrogen and oxygen atoms in total. The predicted octanol–water partition coefficient (Wildman–Crippen LogP) is 2.10. The Bertz CT molecular complexity index is 872. The highest BCUT2D eigenvalue weighted by atomic mass is 32.2. The summed E-state index contributed by atoms with van der Waals surface area (Å²) in [6.07, 6.45) is 1.08. The number of amides is 1. The van der Waals surface area contributed by atoms with Gasteiger partial charge in [-0.15, -0.1) is 0 Å². The monoisotopic (exact) mass is 405 g/mol. The number of sulfonamides is 1. The molecule has 2 rings (SSSR count). The van der Waals surface area contributed by atoms with Crippen molar-refractivity contribution in [3.05, 3.63) is 54.6 Å². The molecule has 0 aliphatic heterocycles. The van der Waals surface area contributed by atoms with Gasteiger partial charge in [-0.1, -0.05) is 30.3 Å². The summed E-state index contributed by atoms with van der Waals surface area (Å²) >= 11 is 0. The molecule has 0 spiro atoms. The predicted molar refractivity (Wildman–Crippen MR) is 113 cm³/mol. The smallest absolute Gasteiger partial charge is 0.240 e. The fraction of sp³-hybridized carbons (Fsp3) is 0.350. The van der Waals surface area contributed by atoms with Gasteiger partial charge in [0.2, 0.25) is 15.9 Å². The van der Waals surface area contributed by atoms with Crippen LogP contribution in [0.2, 0.25) is 0 Å². The number of nitrogens with one attached hydrogen (secondary N) is 1. The average molecular weight is 406 g/mol. The molecule has 0 atom stereocenters. The third-order valence-corrected chi connectivity index (χ3v) is 5.21. The van der Waals surface area contributed by atoms with Crippen LogP contribution in [0.25, 0.3) is 0 Å². The lowest BCUT2D eigenvalue weighted by atomic mass is 10.3. The Kier molecular flexibility index (Phi) is 7.69. The van der Waals surface area contributed by atoms with Crippen molar-refractivity contribution in [2.45, 2.75) is 6.92 Å². The Morgan fingerprint density at radius 1 is 1.07 bits per heavy atom. The van der Waals surface area contributed by atoms with Gasteiger partial charge in [-0.2, -0.15) is 0 Å². The standard InChI is InChI=1S/C20H27N3O4S/c1-4-27-19-13-9-8-12-18(19)23(28(3,25)26)16-20(24)21-14-15-22(2)17-10-6-5-7-11-17/h5-13H,4,14-16H2,1-3H3,(H,21,24). The Labute approximate surface area is 167 Å². The molecule has 1 amide bonds. The molecule has 2 aromatic carbocycles. The topological polar surface area (TPSA) is 79.0 Å². The molecule has 0 aliphatic rings. The van der Waals surface area contributed by atoms with Crippen LogP contribution in [0.5, 0.6) is 5.75 Å². The van der Waals surface area contributed by atoms with E-state index in [4.69, 9.17) is 4.74 Å². The van der Waals surface area contributed by atoms with E-state index in [0.717, 1.165) is 16.2 Å². The molecule has 0 heterocycles. The third kappa shape index (κ3) is 6.16. The van der Waals surface area contributed by atoms with E-state index in [-0.39, 0.29) is 12.5 Å². The van der Waals surface area contributed by atoms with Crippen molar-refractivity contribution < 1.29 is 17.9 Å². The van der Waals surface area contributed by atoms with Crippen molar-refractivity contribution in [2.75, 3.05) is 48.7 Å². The summed E-state index contributed by atoms with van der Waals surface area (Å²) in [5, 5.41) is 2.78. The minimum atomic E-state index is -3.66. The third-order valence-electron chi connectivity index (χ3n) is 4.09. The van der Waals surface area contributed by atoms with Gasteiger partial charge < -0.3 is 15.0 Å². The molecule has 0 radical (unpaired) electrons. The van der Waals surface area contributed by atoms with E-state index in [0.29, 0.717) is 31.1 Å². The summed E-state index contributed by atoms with van der Waals surface area (Å²) in [5.41, 5.74) is 1.39. The van der Waals surface area contributed by atoms with Gasteiger partial charge in [0, 0.05) is 25.8 Å². The van der Waals surface area contributed by atoms with Crippen LogP contribution >= 0.6 is 0 Å². The van der Waals surface area contributed by atoms with E-state index in [2.05, 4.69) is 5.32 Å². The van der Waals surface area contributed by atoms with E-state index < -0.39 is 10.0 Å². The summed E-state index contributed by atoms with van der Waals surface area (Å²) in [4.78, 5) is 14.4. The van der Waals surface area contributed by atoms with E-state index in [1.54, 1.807) is 24.3 Å². The molecule has 0 fully saturated rings. The first-order valence-corrected chi connectivity index (χ1v) is 10.9. The van der Waals surface area contributed by atoms with Crippen LogP contribution < -0.4 is 19.3 Å². The van der Waals surface area contributed by atoms with Gasteiger partial charge in [-0.3, -0.25) is 9.10 Å². The second kappa shape index (κ2) is 9.98. The highest BCUT2D eigenvalue weighted by molar-refractivity contribution is 7.92. The van der Waals surface area contributed by atoms with Crippen molar-refractivity contribution in [2.24, 2.45) is 0 Å². The van der Waals surface area contributed by atoms with Gasteiger partial charge in [-0.25, -0.2) is 8.42 Å². The maximum atomic E-state index is 12.4. The lowest BCUT2D eigenvalue weighted by Gasteiger charge is -2.24. The highest BCUT2D eigenvalue weighted by Gasteiger charge is 2.23. The Morgan fingerprint density at radius 3 is 2.36 bits per heavy atom. The van der Waals surface area contributed by atoms with Gasteiger partial charge in [0.1, 0.15) is 12.3 Å². The molecule has 1 N–H and O–H groups in total. The molecule has 28 heavy (non-hydrogen) atoms. The first-order chi connectivity index (χ1) is 13.3. The zero-order chi connectivity index (χ0) is 20.6. The number of para-hydroxylation sites is 3. The van der Waals surface area contributed by atoms with Crippen LogP contribution in [-0.2, 0) is 14.8 Å². The number of anilines is 2. The number of benzene rings is 2. The van der Waals surface area contributed by atoms with Crippen molar-refractivity contribution in [1.29, 1.82) is 0 Å². The fourth-order valence-electron chi connectivity index (χ4n) is 2.68. The second-order valence-corrected chi connectivity index (χ2v) is 8.18. The number of likely N-dealkylation sites (N-methyl/N-ethyl adjacent to an activating group) is 1. The molecule has 2 aromatic rings. The fourth-order valence-corrected chi connectivity index (χ4v) is 3.54. The van der Waals surface area contributed by atoms with Crippen LogP contribution in [0.3, 0.4) is 0 Å². The number of ether oxygens (including phenoxy) is 1. The maximum absolute atomic E-state index is 12.4. The molecule has 0 aliphatic carbocycles. The van der Waals surface area contributed by atoms with Crippen LogP contribution in [-0.4, -0.2) is 53.9 Å². The molecule has 0 saturated heterocycles. The summed E-state index contributed by atoms with van der Waals surface area (Å²) in [6.45, 7) is 2.90. The quantitative estimate of drug-likeness (QED) is 0.655. The minimum Gasteiger partial charge on any atom is -0.492 e. The minimum absolute atomic E-state index is 0.308. The van der Waals surface area contributed by atoms with Gasteiger partial charge in [-0.05, 0) is 31.2 Å². The first kappa shape index (κ1) is 21.6. The van der Waals surface area contributed by atoms with E-state index in [1.165, 1.54) is 0 Å². The van der Waals surface area contributed by atoms with Crippen LogP contribution in [0.15, 0.2) is 54.6 Å². The molecule has 0 saturated carbocycles. The number of carbonyl (C=O) groups excluding carboxylic acids is 1. The van der Waals surface area contributed by atoms with Crippen molar-refractivity contribution in [1.82, 2.24) is 5.32 Å². The molecule has 8 heteroatoms. The van der Waals surface area contributed by atoms with Gasteiger partial charge >= 0.3 is 0 Å². The average Bonchev–Trinajstić information content (AvgIpc) is 2.67. The van der Waals surface area contributed by atoms with E-state index in [9.17, 15) is 13.2 Å². The molecule has 0 unspecified atom stereocenters. The maximum Gasteiger partial charge on any atom is 0.240 e. The Balaban J connectivity index is 2.00. The number of carbonyl (C=O) groups is 1. The number of rotatable bonds is 10. The molecular formula is C20H27N3O4S. The Morgan fingerprint density at radius 2 is 1.71 bits per heavy atom. The van der Waals surface area contributed by atoms with Crippen molar-refractivity contribution in [3.63, 3.8) is 0 Å². The highest BCUT2D eigenvalue weighted by Crippen LogP contribution is 2.29. The molecule has 0 bridgehead atoms. The second-order valence-electron chi connectivity index (χ2n) is 6.28. The summed E-state index contributed by atoms with van der Waals surface area (Å²) < 4.78 is 31.1. The lowest BCUT2D eigenvalue weighted by molar-refractivity contribution is -0.119. The van der Waals surface area contributed by atoms with Gasteiger partial charge in [0.15, 0.2) is 0 Å². The summed E-state index contributed by atoms with van der Waals surface area (Å²) in [5.74, 6) is 0.0465. The van der Waals surface area contributed by atoms with Crippen LogP contribution in [0.4, 0.5) is 11.4 Å². The van der Waals surface area contributed by atoms with E-state index >= 15 is 0 Å². The molecular weight excluding hydrogens is 378 g/mol. The normalized spacial score (nSPS) is 11.0. The molecule has 152 valence electrons. The first-order valence-electron chi connectivity index (χ1n) is 9.05. The van der Waals surface area contributed by atoms with Crippen molar-refractivity contribution in [3.8, 4) is 5.75 Å². The largest absolute Gasteiger partial charge is 0.492 e. The summed E-state index contributed by atoms with van der Waals surface area (Å²) in [7, 11) is -1.72. The number of nitrogens with zero attached hydrogens (tertiary/aromatic N) is 2. The van der Waals surface area contributed by atoms with E-state index in [1.807, 2.05) is 49.2 Å². The van der Waals surface area contributed by atoms with Crippen LogP contribution in [0.1, 0.15) is 6.92 Å². The van der Waals surface area contributed by atoms with Gasteiger partial charge in [0.25, 0.3) is 0 Å².